The van der Waals surface area contributed by atoms with Crippen molar-refractivity contribution >= 4 is 30.4 Å². The molecule has 0 unspecified atom stereocenters. The molecular weight excluding hydrogens is 707 g/mol. The van der Waals surface area contributed by atoms with E-state index in [1.54, 1.807) is 0 Å². The highest BCUT2D eigenvalue weighted by Gasteiger charge is 2.35. The van der Waals surface area contributed by atoms with Crippen LogP contribution in [-0.4, -0.2) is 31.3 Å². The van der Waals surface area contributed by atoms with Crippen LogP contribution in [0.5, 0.6) is 5.75 Å². The Kier molecular flexibility index (Phi) is 19.4. The Morgan fingerprint density at radius 1 is 0.804 bits per heavy atom. The van der Waals surface area contributed by atoms with Crippen molar-refractivity contribution < 1.29 is 23.9 Å². The maximum Gasteiger partial charge on any atom is 0.262 e. The van der Waals surface area contributed by atoms with Crippen LogP contribution in [0.1, 0.15) is 86.8 Å². The quantitative estimate of drug-likeness (QED) is 0.0341. The molecule has 0 atom stereocenters. The number of amides is 3. The second-order valence-corrected chi connectivity index (χ2v) is 14.5. The van der Waals surface area contributed by atoms with Crippen molar-refractivity contribution in [2.75, 3.05) is 11.9 Å². The second kappa shape index (κ2) is 23.3. The van der Waals surface area contributed by atoms with E-state index in [0.29, 0.717) is 12.8 Å². The van der Waals surface area contributed by atoms with Gasteiger partial charge in [0.05, 0.1) is 16.6 Å². The van der Waals surface area contributed by atoms with Crippen LogP contribution in [0.2, 0.25) is 0 Å². The van der Waals surface area contributed by atoms with Gasteiger partial charge in [0.25, 0.3) is 5.91 Å². The summed E-state index contributed by atoms with van der Waals surface area (Å²) in [5, 5.41) is 2.82. The number of hydrogen-bond acceptors (Lipinski definition) is 9. The third-order valence-corrected chi connectivity index (χ3v) is 9.31. The van der Waals surface area contributed by atoms with Crippen LogP contribution in [0.25, 0.3) is 0 Å². The molecule has 0 radical (unpaired) electrons. The molecule has 300 valence electrons. The van der Waals surface area contributed by atoms with Gasteiger partial charge in [0.2, 0.25) is 12.8 Å². The molecule has 1 fully saturated rings. The van der Waals surface area contributed by atoms with Gasteiger partial charge >= 0.3 is 0 Å². The van der Waals surface area contributed by atoms with Gasteiger partial charge in [-0.25, -0.2) is 15.6 Å². The number of hydrogen-bond donors (Lipinski definition) is 7. The lowest BCUT2D eigenvalue weighted by atomic mass is 9.88. The molecule has 0 aromatic heterocycles. The zero-order chi connectivity index (χ0) is 41.6. The first-order valence-corrected chi connectivity index (χ1v) is 18.4. The summed E-state index contributed by atoms with van der Waals surface area (Å²) in [6.07, 6.45) is 5.91. The summed E-state index contributed by atoms with van der Waals surface area (Å²) in [5.74, 6) is 7.32. The molecule has 0 bridgehead atoms. The summed E-state index contributed by atoms with van der Waals surface area (Å²) >= 11 is 0. The van der Waals surface area contributed by atoms with Crippen molar-refractivity contribution in [3.63, 3.8) is 0 Å². The monoisotopic (exact) mass is 765 g/mol. The molecule has 12 heteroatoms. The highest BCUT2D eigenvalue weighted by atomic mass is 16.5. The number of benzene rings is 4. The van der Waals surface area contributed by atoms with Gasteiger partial charge in [-0.1, -0.05) is 103 Å². The van der Waals surface area contributed by atoms with Gasteiger partial charge in [-0.3, -0.25) is 36.5 Å². The predicted molar refractivity (Wildman–Crippen MR) is 224 cm³/mol. The van der Waals surface area contributed by atoms with Gasteiger partial charge in [-0.05, 0) is 108 Å². The van der Waals surface area contributed by atoms with E-state index in [1.165, 1.54) is 35.5 Å². The van der Waals surface area contributed by atoms with Crippen molar-refractivity contribution in [3.8, 4) is 5.75 Å². The third kappa shape index (κ3) is 15.3. The van der Waals surface area contributed by atoms with Gasteiger partial charge in [0.15, 0.2) is 6.61 Å². The minimum absolute atomic E-state index is 0.0263. The highest BCUT2D eigenvalue weighted by Crippen LogP contribution is 2.38. The largest absolute Gasteiger partial charge is 0.483 e. The number of nitrogens with one attached hydrogen (secondary N) is 6. The Morgan fingerprint density at radius 3 is 1.89 bits per heavy atom. The van der Waals surface area contributed by atoms with Crippen LogP contribution in [0.15, 0.2) is 104 Å². The number of ether oxygens (including phenoxy) is 1. The van der Waals surface area contributed by atoms with E-state index < -0.39 is 0 Å². The van der Waals surface area contributed by atoms with E-state index in [2.05, 4.69) is 70.2 Å². The lowest BCUT2D eigenvalue weighted by Crippen LogP contribution is -2.47. The average molecular weight is 766 g/mol. The Hall–Kier alpha value is -5.62. The molecular formula is C44H59N7O5. The molecule has 8 N–H and O–H groups in total. The van der Waals surface area contributed by atoms with Crippen LogP contribution >= 0.6 is 0 Å². The summed E-state index contributed by atoms with van der Waals surface area (Å²) in [6, 6.07) is 31.9. The standard InChI is InChI=1S/C19H25N3O2.C13H18N2O.C10H14N2O.C2H2O/c1-13-5-10-17(14(2)11-13)24-12-18(23)21-16-8-6-15(7-9-16)19(3,4)22-20;1-11-4-6-12(7-5-11)13(15-14-10-16)8-2-3-9-13;1-10(2,12-11-8-13)9-6-4-3-5-7-9;1-2-3/h5-11,22H,12,20H2,1-4H3,(H,21,23);4-7,10,15H,2-3,8-9H2,1H3,(H,14,16);3-8,12H,1-2H3,(H,11,13);1H2. The average Bonchev–Trinajstić information content (AvgIpc) is 3.68. The van der Waals surface area contributed by atoms with E-state index in [9.17, 15) is 14.4 Å². The molecule has 1 saturated carbocycles. The van der Waals surface area contributed by atoms with Crippen LogP contribution in [-0.2, 0) is 35.8 Å². The zero-order valence-electron chi connectivity index (χ0n) is 33.8. The topological polar surface area (TPSA) is 176 Å². The Labute approximate surface area is 332 Å². The number of carbonyl (C=O) groups excluding carboxylic acids is 4. The molecule has 5 rings (SSSR count). The lowest BCUT2D eigenvalue weighted by Gasteiger charge is -2.30. The Morgan fingerprint density at radius 2 is 1.36 bits per heavy atom. The Balaban J connectivity index is 0.000000294. The lowest BCUT2D eigenvalue weighted by molar-refractivity contribution is -0.118. The van der Waals surface area contributed by atoms with Gasteiger partial charge in [-0.15, -0.1) is 0 Å². The summed E-state index contributed by atoms with van der Waals surface area (Å²) in [4.78, 5) is 41.1. The molecule has 0 heterocycles. The number of aryl methyl sites for hydroxylation is 3. The van der Waals surface area contributed by atoms with Crippen molar-refractivity contribution in [3.05, 3.63) is 137 Å². The summed E-state index contributed by atoms with van der Waals surface area (Å²) in [6.45, 7) is 16.7. The summed E-state index contributed by atoms with van der Waals surface area (Å²) < 4.78 is 5.58. The van der Waals surface area contributed by atoms with Crippen molar-refractivity contribution in [1.29, 1.82) is 0 Å². The molecule has 4 aromatic carbocycles. The van der Waals surface area contributed by atoms with Gasteiger partial charge in [0.1, 0.15) is 11.7 Å². The van der Waals surface area contributed by atoms with E-state index in [4.69, 9.17) is 15.4 Å². The minimum atomic E-state index is -0.325. The molecule has 0 saturated heterocycles. The number of nitrogens with two attached hydrogens (primary N) is 1. The fourth-order valence-electron chi connectivity index (χ4n) is 6.00. The second-order valence-electron chi connectivity index (χ2n) is 14.5. The molecule has 56 heavy (non-hydrogen) atoms. The smallest absolute Gasteiger partial charge is 0.262 e. The maximum absolute atomic E-state index is 12.0. The molecule has 1 aliphatic carbocycles. The van der Waals surface area contributed by atoms with Crippen LogP contribution in [0.3, 0.4) is 0 Å². The van der Waals surface area contributed by atoms with Crippen molar-refractivity contribution in [1.82, 2.24) is 27.1 Å². The molecule has 0 spiro atoms. The van der Waals surface area contributed by atoms with E-state index in [0.717, 1.165) is 41.0 Å². The normalized spacial score (nSPS) is 12.7. The molecule has 3 amide bonds. The van der Waals surface area contributed by atoms with E-state index in [-0.39, 0.29) is 29.1 Å². The van der Waals surface area contributed by atoms with Gasteiger partial charge in [-0.2, -0.15) is 0 Å². The summed E-state index contributed by atoms with van der Waals surface area (Å²) in [5.41, 5.74) is 20.9. The predicted octanol–water partition coefficient (Wildman–Crippen LogP) is 6.21. The van der Waals surface area contributed by atoms with Crippen LogP contribution < -0.4 is 43.0 Å². The fourth-order valence-corrected chi connectivity index (χ4v) is 6.00. The molecule has 4 aromatic rings. The maximum atomic E-state index is 12.0. The molecule has 0 aliphatic heterocycles. The van der Waals surface area contributed by atoms with Crippen molar-refractivity contribution in [2.24, 2.45) is 5.84 Å². The number of hydrazine groups is 3. The fraction of sp³-hybridized carbons (Fsp3) is 0.341. The SMILES string of the molecule is C=C=O.CC(C)(NNC=O)c1ccccc1.Cc1ccc(C2(NNC=O)CCCC2)cc1.Cc1ccc(OCC(=O)Nc2ccc(C(C)(C)NN)cc2)c(C)c1. The van der Waals surface area contributed by atoms with Gasteiger partial charge in [0, 0.05) is 5.69 Å². The number of rotatable bonds is 14. The first-order valence-electron chi connectivity index (χ1n) is 18.4. The van der Waals surface area contributed by atoms with Crippen LogP contribution in [0, 0.1) is 20.8 Å². The Bertz CT molecular complexity index is 1820. The molecule has 1 aliphatic rings. The highest BCUT2D eigenvalue weighted by molar-refractivity contribution is 5.91. The zero-order valence-corrected chi connectivity index (χ0v) is 33.8. The number of carbonyl (C=O) groups is 3. The number of anilines is 1. The molecule has 12 nitrogen and oxygen atoms in total. The third-order valence-electron chi connectivity index (χ3n) is 9.31. The first kappa shape index (κ1) is 46.5. The van der Waals surface area contributed by atoms with E-state index in [1.807, 2.05) is 114 Å². The van der Waals surface area contributed by atoms with Gasteiger partial charge < -0.3 is 10.1 Å². The first-order chi connectivity index (χ1) is 26.7. The van der Waals surface area contributed by atoms with Crippen molar-refractivity contribution in [2.45, 2.75) is 90.8 Å². The van der Waals surface area contributed by atoms with E-state index >= 15 is 0 Å². The van der Waals surface area contributed by atoms with Crippen LogP contribution in [0.4, 0.5) is 5.69 Å². The minimum Gasteiger partial charge on any atom is -0.483 e. The summed E-state index contributed by atoms with van der Waals surface area (Å²) in [7, 11) is 0.